The first kappa shape index (κ1) is 15.2. The molecule has 1 aromatic carbocycles. The fourth-order valence-corrected chi connectivity index (χ4v) is 2.45. The van der Waals surface area contributed by atoms with E-state index in [2.05, 4.69) is 0 Å². The molecule has 0 aliphatic heterocycles. The summed E-state index contributed by atoms with van der Waals surface area (Å²) in [6.07, 6.45) is 1.82. The Balaban J connectivity index is 2.06. The summed E-state index contributed by atoms with van der Waals surface area (Å²) in [7, 11) is 0. The maximum Gasteiger partial charge on any atom is 0.446 e. The number of aliphatic hydroxyl groups excluding tert-OH is 1. The lowest BCUT2D eigenvalue weighted by molar-refractivity contribution is -0.0328. The molecule has 1 aromatic rings. The van der Waals surface area contributed by atoms with E-state index < -0.39 is 5.51 Å². The summed E-state index contributed by atoms with van der Waals surface area (Å²) >= 11 is -0.206. The lowest BCUT2D eigenvalue weighted by atomic mass is 10.2. The van der Waals surface area contributed by atoms with Crippen LogP contribution in [0.2, 0.25) is 0 Å². The zero-order valence-electron chi connectivity index (χ0n) is 10.6. The van der Waals surface area contributed by atoms with Gasteiger partial charge >= 0.3 is 5.51 Å². The number of aliphatic hydroxyl groups is 1. The molecule has 110 valence electrons. The van der Waals surface area contributed by atoms with Crippen molar-refractivity contribution in [3.63, 3.8) is 0 Å². The summed E-state index contributed by atoms with van der Waals surface area (Å²) in [5.74, 6) is -0.245. The molecule has 1 fully saturated rings. The van der Waals surface area contributed by atoms with Crippen molar-refractivity contribution in [2.45, 2.75) is 29.3 Å². The Morgan fingerprint density at radius 2 is 1.90 bits per heavy atom. The monoisotopic (exact) mass is 305 g/mol. The Hall–Kier alpha value is -1.21. The van der Waals surface area contributed by atoms with Gasteiger partial charge in [0.25, 0.3) is 5.91 Å². The van der Waals surface area contributed by atoms with Gasteiger partial charge < -0.3 is 10.0 Å². The Bertz CT molecular complexity index is 471. The van der Waals surface area contributed by atoms with E-state index in [1.807, 2.05) is 0 Å². The summed E-state index contributed by atoms with van der Waals surface area (Å²) in [6, 6.07) is 5.51. The molecule has 0 bridgehead atoms. The number of nitrogens with zero attached hydrogens (tertiary/aromatic N) is 1. The predicted molar refractivity (Wildman–Crippen MR) is 69.5 cm³/mol. The van der Waals surface area contributed by atoms with E-state index in [1.54, 1.807) is 4.90 Å². The van der Waals surface area contributed by atoms with Gasteiger partial charge in [-0.1, -0.05) is 0 Å². The van der Waals surface area contributed by atoms with Gasteiger partial charge in [0, 0.05) is 23.0 Å². The SMILES string of the molecule is O=C(c1ccc(SC(F)(F)F)cc1)N(CCO)C1CC1. The highest BCUT2D eigenvalue weighted by Crippen LogP contribution is 2.37. The maximum absolute atomic E-state index is 12.2. The van der Waals surface area contributed by atoms with E-state index in [1.165, 1.54) is 24.3 Å². The van der Waals surface area contributed by atoms with Crippen LogP contribution in [0.15, 0.2) is 29.2 Å². The molecule has 20 heavy (non-hydrogen) atoms. The minimum Gasteiger partial charge on any atom is -0.395 e. The number of carbonyl (C=O) groups is 1. The largest absolute Gasteiger partial charge is 0.446 e. The number of hydrogen-bond donors (Lipinski definition) is 1. The highest BCUT2D eigenvalue weighted by molar-refractivity contribution is 8.00. The van der Waals surface area contributed by atoms with Crippen LogP contribution >= 0.6 is 11.8 Å². The van der Waals surface area contributed by atoms with Gasteiger partial charge in [0.1, 0.15) is 0 Å². The van der Waals surface area contributed by atoms with Crippen molar-refractivity contribution in [3.05, 3.63) is 29.8 Å². The molecular formula is C13H14F3NO2S. The predicted octanol–water partition coefficient (Wildman–Crippen LogP) is 2.90. The molecule has 0 saturated heterocycles. The highest BCUT2D eigenvalue weighted by atomic mass is 32.2. The van der Waals surface area contributed by atoms with Gasteiger partial charge in [-0.2, -0.15) is 13.2 Å². The van der Waals surface area contributed by atoms with E-state index >= 15 is 0 Å². The summed E-state index contributed by atoms with van der Waals surface area (Å²) in [6.45, 7) is 0.132. The average Bonchev–Trinajstić information content (AvgIpc) is 3.18. The zero-order valence-corrected chi connectivity index (χ0v) is 11.4. The van der Waals surface area contributed by atoms with Crippen molar-refractivity contribution in [1.82, 2.24) is 4.90 Å². The van der Waals surface area contributed by atoms with Crippen molar-refractivity contribution in [2.75, 3.05) is 13.2 Å². The van der Waals surface area contributed by atoms with Gasteiger partial charge in [-0.15, -0.1) is 0 Å². The molecule has 0 spiro atoms. The molecule has 0 heterocycles. The number of rotatable bonds is 5. The molecule has 0 unspecified atom stereocenters. The highest BCUT2D eigenvalue weighted by Gasteiger charge is 2.33. The van der Waals surface area contributed by atoms with Crippen LogP contribution in [0.1, 0.15) is 23.2 Å². The Labute approximate surface area is 118 Å². The molecule has 2 rings (SSSR count). The number of carbonyl (C=O) groups excluding carboxylic acids is 1. The fourth-order valence-electron chi connectivity index (χ4n) is 1.91. The molecule has 7 heteroatoms. The van der Waals surface area contributed by atoms with Crippen molar-refractivity contribution in [3.8, 4) is 0 Å². The number of hydrogen-bond acceptors (Lipinski definition) is 3. The standard InChI is InChI=1S/C13H14F3NO2S/c14-13(15,16)20-11-5-1-9(2-6-11)12(19)17(7-8-18)10-3-4-10/h1-2,5-6,10,18H,3-4,7-8H2. The Morgan fingerprint density at radius 3 is 2.35 bits per heavy atom. The lowest BCUT2D eigenvalue weighted by Gasteiger charge is -2.21. The van der Waals surface area contributed by atoms with Crippen molar-refractivity contribution in [1.29, 1.82) is 0 Å². The van der Waals surface area contributed by atoms with E-state index in [0.29, 0.717) is 5.56 Å². The molecule has 0 radical (unpaired) electrons. The molecule has 1 N–H and O–H groups in total. The number of thioether (sulfide) groups is 1. The quantitative estimate of drug-likeness (QED) is 0.850. The first-order chi connectivity index (χ1) is 9.40. The van der Waals surface area contributed by atoms with Gasteiger partial charge in [0.15, 0.2) is 0 Å². The molecule has 3 nitrogen and oxygen atoms in total. The van der Waals surface area contributed by atoms with E-state index in [4.69, 9.17) is 5.11 Å². The second kappa shape index (κ2) is 6.05. The molecule has 0 atom stereocenters. The van der Waals surface area contributed by atoms with E-state index in [9.17, 15) is 18.0 Å². The Kier molecular flexibility index (Phi) is 4.59. The summed E-state index contributed by atoms with van der Waals surface area (Å²) in [5.41, 5.74) is -3.99. The van der Waals surface area contributed by atoms with Gasteiger partial charge in [-0.3, -0.25) is 4.79 Å². The molecular weight excluding hydrogens is 291 g/mol. The minimum atomic E-state index is -4.33. The smallest absolute Gasteiger partial charge is 0.395 e. The zero-order chi connectivity index (χ0) is 14.8. The third-order valence-electron chi connectivity index (χ3n) is 2.92. The fraction of sp³-hybridized carbons (Fsp3) is 0.462. The second-order valence-electron chi connectivity index (χ2n) is 4.53. The first-order valence-corrected chi connectivity index (χ1v) is 7.00. The van der Waals surface area contributed by atoms with E-state index in [0.717, 1.165) is 12.8 Å². The summed E-state index contributed by atoms with van der Waals surface area (Å²) in [5, 5.41) is 8.96. The average molecular weight is 305 g/mol. The van der Waals surface area contributed by atoms with Crippen molar-refractivity contribution < 1.29 is 23.1 Å². The Morgan fingerprint density at radius 1 is 1.30 bits per heavy atom. The van der Waals surface area contributed by atoms with Gasteiger partial charge in [0.05, 0.1) is 6.61 Å². The molecule has 0 aromatic heterocycles. The number of amides is 1. The van der Waals surface area contributed by atoms with Crippen LogP contribution < -0.4 is 0 Å². The molecule has 1 saturated carbocycles. The second-order valence-corrected chi connectivity index (χ2v) is 5.66. The minimum absolute atomic E-state index is 0.0502. The van der Waals surface area contributed by atoms with Crippen LogP contribution in [0.25, 0.3) is 0 Å². The number of alkyl halides is 3. The van der Waals surface area contributed by atoms with Gasteiger partial charge in [-0.25, -0.2) is 0 Å². The van der Waals surface area contributed by atoms with Crippen LogP contribution in [0, 0.1) is 0 Å². The number of benzene rings is 1. The molecule has 1 aliphatic rings. The maximum atomic E-state index is 12.2. The van der Waals surface area contributed by atoms with Crippen LogP contribution in [0.5, 0.6) is 0 Å². The van der Waals surface area contributed by atoms with Crippen molar-refractivity contribution >= 4 is 17.7 Å². The lowest BCUT2D eigenvalue weighted by Crippen LogP contribution is -2.35. The normalized spacial score (nSPS) is 15.2. The molecule has 1 aliphatic carbocycles. The molecule has 1 amide bonds. The van der Waals surface area contributed by atoms with Crippen LogP contribution in [0.3, 0.4) is 0 Å². The van der Waals surface area contributed by atoms with Crippen LogP contribution in [-0.4, -0.2) is 40.6 Å². The van der Waals surface area contributed by atoms with Crippen molar-refractivity contribution in [2.24, 2.45) is 0 Å². The number of halogens is 3. The topological polar surface area (TPSA) is 40.5 Å². The third kappa shape index (κ3) is 4.14. The first-order valence-electron chi connectivity index (χ1n) is 6.18. The van der Waals surface area contributed by atoms with Gasteiger partial charge in [-0.05, 0) is 48.9 Å². The summed E-state index contributed by atoms with van der Waals surface area (Å²) < 4.78 is 36.6. The van der Waals surface area contributed by atoms with E-state index in [-0.39, 0.29) is 41.8 Å². The van der Waals surface area contributed by atoms with Crippen LogP contribution in [-0.2, 0) is 0 Å². The summed E-state index contributed by atoms with van der Waals surface area (Å²) in [4.78, 5) is 13.8. The van der Waals surface area contributed by atoms with Gasteiger partial charge in [0.2, 0.25) is 0 Å². The third-order valence-corrected chi connectivity index (χ3v) is 3.66. The van der Waals surface area contributed by atoms with Crippen LogP contribution in [0.4, 0.5) is 13.2 Å².